The zero-order valence-electron chi connectivity index (χ0n) is 10.6. The third-order valence-corrected chi connectivity index (χ3v) is 3.76. The SMILES string of the molecule is NCC1CCCC1COc1ccccc1C(F)(F)F. The predicted octanol–water partition coefficient (Wildman–Crippen LogP) is 3.46. The van der Waals surface area contributed by atoms with Gasteiger partial charge in [0.25, 0.3) is 0 Å². The number of nitrogens with two attached hydrogens (primary N) is 1. The molecule has 0 amide bonds. The Labute approximate surface area is 110 Å². The first-order chi connectivity index (χ1) is 9.02. The molecule has 106 valence electrons. The zero-order chi connectivity index (χ0) is 13.9. The first-order valence-corrected chi connectivity index (χ1v) is 6.51. The van der Waals surface area contributed by atoms with E-state index < -0.39 is 11.7 Å². The van der Waals surface area contributed by atoms with Crippen molar-refractivity contribution in [1.29, 1.82) is 0 Å². The smallest absolute Gasteiger partial charge is 0.419 e. The van der Waals surface area contributed by atoms with Crippen molar-refractivity contribution in [2.75, 3.05) is 13.2 Å². The van der Waals surface area contributed by atoms with Crippen molar-refractivity contribution >= 4 is 0 Å². The summed E-state index contributed by atoms with van der Waals surface area (Å²) < 4.78 is 43.8. The number of hydrogen-bond acceptors (Lipinski definition) is 2. The molecule has 1 saturated carbocycles. The lowest BCUT2D eigenvalue weighted by Gasteiger charge is -2.20. The number of benzene rings is 1. The number of alkyl halides is 3. The van der Waals surface area contributed by atoms with Crippen LogP contribution in [0, 0.1) is 11.8 Å². The Morgan fingerprint density at radius 3 is 2.53 bits per heavy atom. The maximum atomic E-state index is 12.8. The Kier molecular flexibility index (Phi) is 4.34. The highest BCUT2D eigenvalue weighted by atomic mass is 19.4. The molecule has 0 heterocycles. The van der Waals surface area contributed by atoms with Gasteiger partial charge in [0.1, 0.15) is 5.75 Å². The van der Waals surface area contributed by atoms with Gasteiger partial charge < -0.3 is 10.5 Å². The predicted molar refractivity (Wildman–Crippen MR) is 66.8 cm³/mol. The van der Waals surface area contributed by atoms with Crippen LogP contribution in [0.25, 0.3) is 0 Å². The lowest BCUT2D eigenvalue weighted by molar-refractivity contribution is -0.139. The number of ether oxygens (including phenoxy) is 1. The molecule has 2 N–H and O–H groups in total. The van der Waals surface area contributed by atoms with Crippen LogP contribution in [0.1, 0.15) is 24.8 Å². The standard InChI is InChI=1S/C14H18F3NO/c15-14(16,17)12-6-1-2-7-13(12)19-9-11-5-3-4-10(11)8-18/h1-2,6-7,10-11H,3-5,8-9,18H2. The Bertz CT molecular complexity index is 419. The molecule has 0 saturated heterocycles. The van der Waals surface area contributed by atoms with E-state index in [1.165, 1.54) is 12.1 Å². The van der Waals surface area contributed by atoms with Crippen molar-refractivity contribution in [2.45, 2.75) is 25.4 Å². The number of halogens is 3. The van der Waals surface area contributed by atoms with Crippen molar-refractivity contribution in [3.63, 3.8) is 0 Å². The van der Waals surface area contributed by atoms with Gasteiger partial charge in [-0.2, -0.15) is 13.2 Å². The summed E-state index contributed by atoms with van der Waals surface area (Å²) in [4.78, 5) is 0. The number of para-hydroxylation sites is 1. The molecule has 0 bridgehead atoms. The van der Waals surface area contributed by atoms with E-state index in [9.17, 15) is 13.2 Å². The van der Waals surface area contributed by atoms with Crippen molar-refractivity contribution < 1.29 is 17.9 Å². The fraction of sp³-hybridized carbons (Fsp3) is 0.571. The molecule has 2 atom stereocenters. The van der Waals surface area contributed by atoms with Gasteiger partial charge in [0.2, 0.25) is 0 Å². The van der Waals surface area contributed by atoms with Crippen LogP contribution in [0.4, 0.5) is 13.2 Å². The fourth-order valence-corrected chi connectivity index (χ4v) is 2.67. The Balaban J connectivity index is 2.04. The van der Waals surface area contributed by atoms with Crippen LogP contribution in [0.2, 0.25) is 0 Å². The molecule has 2 rings (SSSR count). The molecule has 2 nitrogen and oxygen atoms in total. The van der Waals surface area contributed by atoms with E-state index >= 15 is 0 Å². The van der Waals surface area contributed by atoms with Crippen LogP contribution in [-0.4, -0.2) is 13.2 Å². The molecular formula is C14H18F3NO. The molecule has 0 aromatic heterocycles. The van der Waals surface area contributed by atoms with Crippen molar-refractivity contribution in [1.82, 2.24) is 0 Å². The second kappa shape index (κ2) is 5.82. The molecule has 1 aliphatic rings. The third-order valence-electron chi connectivity index (χ3n) is 3.76. The summed E-state index contributed by atoms with van der Waals surface area (Å²) in [6.07, 6.45) is -1.27. The highest BCUT2D eigenvalue weighted by molar-refractivity contribution is 5.35. The third kappa shape index (κ3) is 3.41. The fourth-order valence-electron chi connectivity index (χ4n) is 2.67. The molecular weight excluding hydrogens is 255 g/mol. The van der Waals surface area contributed by atoms with E-state index in [0.29, 0.717) is 19.1 Å². The molecule has 0 aliphatic heterocycles. The second-order valence-electron chi connectivity index (χ2n) is 4.99. The van der Waals surface area contributed by atoms with E-state index in [2.05, 4.69) is 0 Å². The van der Waals surface area contributed by atoms with E-state index in [1.54, 1.807) is 6.07 Å². The van der Waals surface area contributed by atoms with Gasteiger partial charge in [0, 0.05) is 0 Å². The quantitative estimate of drug-likeness (QED) is 0.911. The minimum atomic E-state index is -4.38. The van der Waals surface area contributed by atoms with Gasteiger partial charge in [-0.05, 0) is 43.4 Å². The zero-order valence-corrected chi connectivity index (χ0v) is 10.6. The largest absolute Gasteiger partial charge is 0.493 e. The summed E-state index contributed by atoms with van der Waals surface area (Å²) in [7, 11) is 0. The van der Waals surface area contributed by atoms with Gasteiger partial charge in [-0.25, -0.2) is 0 Å². The summed E-state index contributed by atoms with van der Waals surface area (Å²) in [6, 6.07) is 5.34. The second-order valence-corrected chi connectivity index (χ2v) is 4.99. The molecule has 1 fully saturated rings. The van der Waals surface area contributed by atoms with Crippen LogP contribution in [0.5, 0.6) is 5.75 Å². The highest BCUT2D eigenvalue weighted by Gasteiger charge is 2.34. The minimum Gasteiger partial charge on any atom is -0.493 e. The van der Waals surface area contributed by atoms with Crippen LogP contribution < -0.4 is 10.5 Å². The molecule has 1 aliphatic carbocycles. The molecule has 5 heteroatoms. The Morgan fingerprint density at radius 2 is 1.84 bits per heavy atom. The summed E-state index contributed by atoms with van der Waals surface area (Å²) in [6.45, 7) is 0.893. The normalized spacial score (nSPS) is 23.6. The van der Waals surface area contributed by atoms with Gasteiger partial charge in [-0.15, -0.1) is 0 Å². The molecule has 19 heavy (non-hydrogen) atoms. The number of hydrogen-bond donors (Lipinski definition) is 1. The van der Waals surface area contributed by atoms with Gasteiger partial charge in [-0.3, -0.25) is 0 Å². The topological polar surface area (TPSA) is 35.2 Å². The molecule has 0 radical (unpaired) electrons. The average molecular weight is 273 g/mol. The van der Waals surface area contributed by atoms with E-state index in [-0.39, 0.29) is 11.7 Å². The minimum absolute atomic E-state index is 0.0855. The molecule has 1 aromatic carbocycles. The van der Waals surface area contributed by atoms with Crippen molar-refractivity contribution in [3.05, 3.63) is 29.8 Å². The first-order valence-electron chi connectivity index (χ1n) is 6.51. The molecule has 0 spiro atoms. The summed E-state index contributed by atoms with van der Waals surface area (Å²) >= 11 is 0. The van der Waals surface area contributed by atoms with E-state index in [0.717, 1.165) is 25.3 Å². The summed E-state index contributed by atoms with van der Waals surface area (Å²) in [5, 5.41) is 0. The molecule has 2 unspecified atom stereocenters. The van der Waals surface area contributed by atoms with Gasteiger partial charge in [0.15, 0.2) is 0 Å². The lowest BCUT2D eigenvalue weighted by Crippen LogP contribution is -2.24. The van der Waals surface area contributed by atoms with Gasteiger partial charge >= 0.3 is 6.18 Å². The first kappa shape index (κ1) is 14.2. The Morgan fingerprint density at radius 1 is 1.16 bits per heavy atom. The molecule has 1 aromatic rings. The highest BCUT2D eigenvalue weighted by Crippen LogP contribution is 2.37. The van der Waals surface area contributed by atoms with Gasteiger partial charge in [-0.1, -0.05) is 18.6 Å². The van der Waals surface area contributed by atoms with Crippen LogP contribution in [0.3, 0.4) is 0 Å². The number of rotatable bonds is 4. The van der Waals surface area contributed by atoms with Gasteiger partial charge in [0.05, 0.1) is 12.2 Å². The van der Waals surface area contributed by atoms with Crippen LogP contribution >= 0.6 is 0 Å². The van der Waals surface area contributed by atoms with E-state index in [1.807, 2.05) is 0 Å². The van der Waals surface area contributed by atoms with Crippen molar-refractivity contribution in [2.24, 2.45) is 17.6 Å². The monoisotopic (exact) mass is 273 g/mol. The lowest BCUT2D eigenvalue weighted by atomic mass is 9.97. The van der Waals surface area contributed by atoms with Crippen LogP contribution in [-0.2, 0) is 6.18 Å². The summed E-state index contributed by atoms with van der Waals surface area (Å²) in [5.41, 5.74) is 4.95. The van der Waals surface area contributed by atoms with Crippen LogP contribution in [0.15, 0.2) is 24.3 Å². The summed E-state index contributed by atoms with van der Waals surface area (Å²) in [5.74, 6) is 0.557. The van der Waals surface area contributed by atoms with E-state index in [4.69, 9.17) is 10.5 Å². The maximum absolute atomic E-state index is 12.8. The average Bonchev–Trinajstić information content (AvgIpc) is 2.83. The van der Waals surface area contributed by atoms with Crippen molar-refractivity contribution in [3.8, 4) is 5.75 Å². The Hall–Kier alpha value is -1.23. The maximum Gasteiger partial charge on any atom is 0.419 e.